The summed E-state index contributed by atoms with van der Waals surface area (Å²) < 4.78 is 11.4. The number of aliphatic carboxylic acids is 1. The Balaban J connectivity index is 2.36. The van der Waals surface area contributed by atoms with Gasteiger partial charge in [-0.15, -0.1) is 0 Å². The van der Waals surface area contributed by atoms with E-state index in [4.69, 9.17) is 14.6 Å². The molecule has 1 atom stereocenters. The van der Waals surface area contributed by atoms with Crippen LogP contribution >= 0.6 is 15.9 Å². The van der Waals surface area contributed by atoms with E-state index in [0.29, 0.717) is 11.5 Å². The summed E-state index contributed by atoms with van der Waals surface area (Å²) in [5.41, 5.74) is 0.888. The van der Waals surface area contributed by atoms with Crippen LogP contribution in [0.5, 0.6) is 11.5 Å². The molecule has 1 unspecified atom stereocenters. The van der Waals surface area contributed by atoms with Crippen LogP contribution in [0.15, 0.2) is 16.6 Å². The zero-order valence-corrected chi connectivity index (χ0v) is 11.7. The van der Waals surface area contributed by atoms with Crippen LogP contribution < -0.4 is 9.47 Å². The second-order valence-electron chi connectivity index (χ2n) is 4.31. The monoisotopic (exact) mass is 315 g/mol. The molecule has 0 fully saturated rings. The minimum absolute atomic E-state index is 0.0408. The largest absolute Gasteiger partial charge is 0.481 e. The third-order valence-corrected chi connectivity index (χ3v) is 3.41. The Morgan fingerprint density at radius 2 is 2.22 bits per heavy atom. The average Bonchev–Trinajstić information content (AvgIpc) is 2.73. The van der Waals surface area contributed by atoms with Crippen LogP contribution in [-0.2, 0) is 4.79 Å². The molecule has 0 aliphatic carbocycles. The van der Waals surface area contributed by atoms with Crippen LogP contribution in [0.3, 0.4) is 0 Å². The Morgan fingerprint density at radius 1 is 1.50 bits per heavy atom. The molecule has 1 aliphatic rings. The normalized spacial score (nSPS) is 14.9. The van der Waals surface area contributed by atoms with Gasteiger partial charge in [0, 0.05) is 6.04 Å². The van der Waals surface area contributed by atoms with Crippen LogP contribution in [0.25, 0.3) is 0 Å². The standard InChI is InChI=1S/C12H14BrNO4/c1-14(2)9(5-11(15)16)7-3-8(13)12-10(4-7)17-6-18-12/h3-4,9H,5-6H2,1-2H3,(H,15,16). The number of carboxylic acids is 1. The number of fused-ring (bicyclic) bond motifs is 1. The number of hydrogen-bond donors (Lipinski definition) is 1. The molecule has 1 aromatic carbocycles. The zero-order chi connectivity index (χ0) is 13.3. The number of ether oxygens (including phenoxy) is 2. The molecule has 0 saturated carbocycles. The van der Waals surface area contributed by atoms with E-state index in [9.17, 15) is 4.79 Å². The lowest BCUT2D eigenvalue weighted by Gasteiger charge is -2.23. The average molecular weight is 316 g/mol. The number of halogens is 1. The highest BCUT2D eigenvalue weighted by Crippen LogP contribution is 2.42. The van der Waals surface area contributed by atoms with Crippen molar-refractivity contribution in [2.75, 3.05) is 20.9 Å². The molecular weight excluding hydrogens is 302 g/mol. The molecule has 0 spiro atoms. The van der Waals surface area contributed by atoms with E-state index in [0.717, 1.165) is 10.0 Å². The summed E-state index contributed by atoms with van der Waals surface area (Å²) in [6, 6.07) is 3.51. The van der Waals surface area contributed by atoms with Crippen molar-refractivity contribution in [3.8, 4) is 11.5 Å². The second-order valence-corrected chi connectivity index (χ2v) is 5.17. The molecule has 0 radical (unpaired) electrons. The first kappa shape index (κ1) is 13.2. The van der Waals surface area contributed by atoms with Crippen LogP contribution in [0.2, 0.25) is 0 Å². The molecule has 0 bridgehead atoms. The fraction of sp³-hybridized carbons (Fsp3) is 0.417. The minimum Gasteiger partial charge on any atom is -0.481 e. The topological polar surface area (TPSA) is 59.0 Å². The fourth-order valence-corrected chi connectivity index (χ4v) is 2.52. The van der Waals surface area contributed by atoms with Crippen molar-refractivity contribution in [3.63, 3.8) is 0 Å². The van der Waals surface area contributed by atoms with E-state index >= 15 is 0 Å². The number of benzene rings is 1. The third kappa shape index (κ3) is 2.59. The van der Waals surface area contributed by atoms with Gasteiger partial charge in [0.15, 0.2) is 11.5 Å². The smallest absolute Gasteiger partial charge is 0.305 e. The highest BCUT2D eigenvalue weighted by Gasteiger charge is 2.24. The molecule has 1 aliphatic heterocycles. The lowest BCUT2D eigenvalue weighted by Crippen LogP contribution is -2.22. The van der Waals surface area contributed by atoms with Gasteiger partial charge in [0.1, 0.15) is 0 Å². The van der Waals surface area contributed by atoms with Gasteiger partial charge in [-0.25, -0.2) is 0 Å². The Hall–Kier alpha value is -1.27. The first-order chi connectivity index (χ1) is 8.49. The van der Waals surface area contributed by atoms with E-state index in [-0.39, 0.29) is 19.3 Å². The Morgan fingerprint density at radius 3 is 2.83 bits per heavy atom. The zero-order valence-electron chi connectivity index (χ0n) is 10.1. The maximum Gasteiger partial charge on any atom is 0.305 e. The summed E-state index contributed by atoms with van der Waals surface area (Å²) in [6.45, 7) is 0.197. The summed E-state index contributed by atoms with van der Waals surface area (Å²) in [6.07, 6.45) is 0.0408. The molecule has 6 heteroatoms. The van der Waals surface area contributed by atoms with Crippen LogP contribution in [0.4, 0.5) is 0 Å². The highest BCUT2D eigenvalue weighted by atomic mass is 79.9. The van der Waals surface area contributed by atoms with Gasteiger partial charge in [-0.2, -0.15) is 0 Å². The number of carboxylic acid groups (broad SMARTS) is 1. The quantitative estimate of drug-likeness (QED) is 0.923. The lowest BCUT2D eigenvalue weighted by atomic mass is 10.0. The van der Waals surface area contributed by atoms with Gasteiger partial charge in [0.2, 0.25) is 6.79 Å². The molecule has 98 valence electrons. The van der Waals surface area contributed by atoms with E-state index in [1.54, 1.807) is 0 Å². The number of carbonyl (C=O) groups is 1. The maximum absolute atomic E-state index is 10.9. The van der Waals surface area contributed by atoms with Crippen LogP contribution in [0.1, 0.15) is 18.0 Å². The molecule has 0 aromatic heterocycles. The Kier molecular flexibility index (Phi) is 3.77. The molecule has 1 aromatic rings. The number of rotatable bonds is 4. The maximum atomic E-state index is 10.9. The van der Waals surface area contributed by atoms with Gasteiger partial charge in [-0.05, 0) is 47.7 Å². The third-order valence-electron chi connectivity index (χ3n) is 2.83. The van der Waals surface area contributed by atoms with Crippen molar-refractivity contribution in [1.82, 2.24) is 4.90 Å². The van der Waals surface area contributed by atoms with E-state index < -0.39 is 5.97 Å². The molecule has 18 heavy (non-hydrogen) atoms. The van der Waals surface area contributed by atoms with Crippen molar-refractivity contribution >= 4 is 21.9 Å². The molecule has 2 rings (SSSR count). The first-order valence-electron chi connectivity index (χ1n) is 5.46. The van der Waals surface area contributed by atoms with E-state index in [2.05, 4.69) is 15.9 Å². The van der Waals surface area contributed by atoms with Gasteiger partial charge in [0.05, 0.1) is 10.9 Å². The summed E-state index contributed by atoms with van der Waals surface area (Å²) in [7, 11) is 3.71. The first-order valence-corrected chi connectivity index (χ1v) is 6.25. The predicted octanol–water partition coefficient (Wildman–Crippen LogP) is 2.26. The van der Waals surface area contributed by atoms with Crippen LogP contribution in [0, 0.1) is 0 Å². The van der Waals surface area contributed by atoms with E-state index in [1.807, 2.05) is 31.1 Å². The highest BCUT2D eigenvalue weighted by molar-refractivity contribution is 9.10. The molecule has 0 saturated heterocycles. The van der Waals surface area contributed by atoms with Crippen molar-refractivity contribution in [2.24, 2.45) is 0 Å². The molecule has 5 nitrogen and oxygen atoms in total. The van der Waals surface area contributed by atoms with Gasteiger partial charge >= 0.3 is 5.97 Å². The lowest BCUT2D eigenvalue weighted by molar-refractivity contribution is -0.138. The minimum atomic E-state index is -0.831. The van der Waals surface area contributed by atoms with E-state index in [1.165, 1.54) is 0 Å². The summed E-state index contributed by atoms with van der Waals surface area (Å²) in [4.78, 5) is 12.8. The van der Waals surface area contributed by atoms with Gasteiger partial charge in [-0.1, -0.05) is 0 Å². The van der Waals surface area contributed by atoms with Crippen molar-refractivity contribution in [2.45, 2.75) is 12.5 Å². The molecule has 1 heterocycles. The van der Waals surface area contributed by atoms with Crippen molar-refractivity contribution in [3.05, 3.63) is 22.2 Å². The predicted molar refractivity (Wildman–Crippen MR) is 68.9 cm³/mol. The number of nitrogens with zero attached hydrogens (tertiary/aromatic N) is 1. The second kappa shape index (κ2) is 5.16. The van der Waals surface area contributed by atoms with Crippen molar-refractivity contribution < 1.29 is 19.4 Å². The van der Waals surface area contributed by atoms with Gasteiger partial charge in [-0.3, -0.25) is 4.79 Å². The molecule has 0 amide bonds. The van der Waals surface area contributed by atoms with Crippen LogP contribution in [-0.4, -0.2) is 36.9 Å². The van der Waals surface area contributed by atoms with Gasteiger partial charge < -0.3 is 19.5 Å². The summed E-state index contributed by atoms with van der Waals surface area (Å²) in [5.74, 6) is 0.491. The summed E-state index contributed by atoms with van der Waals surface area (Å²) >= 11 is 3.41. The van der Waals surface area contributed by atoms with Crippen molar-refractivity contribution in [1.29, 1.82) is 0 Å². The van der Waals surface area contributed by atoms with Gasteiger partial charge in [0.25, 0.3) is 0 Å². The molecule has 1 N–H and O–H groups in total. The fourth-order valence-electron chi connectivity index (χ4n) is 1.94. The SMILES string of the molecule is CN(C)C(CC(=O)O)c1cc(Br)c2c(c1)OCO2. The molecular formula is C12H14BrNO4. The Labute approximate surface area is 113 Å². The Bertz CT molecular complexity index is 475. The number of hydrogen-bond acceptors (Lipinski definition) is 4. The summed E-state index contributed by atoms with van der Waals surface area (Å²) in [5, 5.41) is 8.96.